The van der Waals surface area contributed by atoms with E-state index in [0.29, 0.717) is 19.4 Å². The van der Waals surface area contributed by atoms with Gasteiger partial charge >= 0.3 is 0 Å². The molecule has 0 atom stereocenters. The van der Waals surface area contributed by atoms with Gasteiger partial charge in [0.15, 0.2) is 0 Å². The maximum absolute atomic E-state index is 12.5. The van der Waals surface area contributed by atoms with Crippen LogP contribution in [0.5, 0.6) is 5.75 Å². The molecular weight excluding hydrogens is 460 g/mol. The molecule has 0 aliphatic heterocycles. The lowest BCUT2D eigenvalue weighted by molar-refractivity contribution is 0.102. The molecule has 8 nitrogen and oxygen atoms in total. The monoisotopic (exact) mass is 480 g/mol. The molecule has 2 aromatic carbocycles. The van der Waals surface area contributed by atoms with Crippen LogP contribution in [-0.2, 0) is 16.4 Å². The third kappa shape index (κ3) is 6.23. The van der Waals surface area contributed by atoms with Gasteiger partial charge in [-0.15, -0.1) is 10.2 Å². The predicted molar refractivity (Wildman–Crippen MR) is 120 cm³/mol. The number of nitrogens with zero attached hydrogens (tertiary/aromatic N) is 2. The average Bonchev–Trinajstić information content (AvgIpc) is 3.22. The molecule has 31 heavy (non-hydrogen) atoms. The predicted octanol–water partition coefficient (Wildman–Crippen LogP) is 3.75. The fourth-order valence-corrected chi connectivity index (χ4v) is 4.96. The minimum atomic E-state index is -3.84. The zero-order valence-electron chi connectivity index (χ0n) is 16.7. The lowest BCUT2D eigenvalue weighted by Gasteiger charge is -2.10. The first-order valence-electron chi connectivity index (χ1n) is 9.50. The number of rotatable bonds is 10. The number of anilines is 1. The van der Waals surface area contributed by atoms with E-state index in [2.05, 4.69) is 20.2 Å². The summed E-state index contributed by atoms with van der Waals surface area (Å²) in [4.78, 5) is 12.3. The van der Waals surface area contributed by atoms with E-state index < -0.39 is 15.9 Å². The van der Waals surface area contributed by atoms with Crippen molar-refractivity contribution in [1.29, 1.82) is 0 Å². The van der Waals surface area contributed by atoms with Crippen molar-refractivity contribution < 1.29 is 17.9 Å². The molecule has 0 spiro atoms. The number of carbonyl (C=O) groups excluding carboxylic acids is 1. The Morgan fingerprint density at radius 3 is 2.65 bits per heavy atom. The van der Waals surface area contributed by atoms with E-state index in [1.54, 1.807) is 24.3 Å². The van der Waals surface area contributed by atoms with Crippen molar-refractivity contribution in [2.45, 2.75) is 24.1 Å². The zero-order chi connectivity index (χ0) is 22.3. The average molecular weight is 481 g/mol. The minimum absolute atomic E-state index is 0.0657. The zero-order valence-corrected chi connectivity index (χ0v) is 19.1. The third-order valence-electron chi connectivity index (χ3n) is 4.16. The number of ether oxygens (including phenoxy) is 1. The first-order chi connectivity index (χ1) is 14.9. The van der Waals surface area contributed by atoms with Crippen LogP contribution in [0.15, 0.2) is 52.9 Å². The standard InChI is InChI=1S/C20H21ClN4O4S2/c1-2-29-17-12-6-3-8-14(17)9-7-13-22-31(27,28)20-25-24-19(30-20)23-18(26)15-10-4-5-11-16(15)21/h3-6,8,10-12,22H,2,7,9,13H2,1H3,(H,23,24,26). The van der Waals surface area contributed by atoms with Crippen LogP contribution < -0.4 is 14.8 Å². The van der Waals surface area contributed by atoms with Crippen molar-refractivity contribution in [3.05, 3.63) is 64.7 Å². The first kappa shape index (κ1) is 23.1. The number of amides is 1. The Morgan fingerprint density at radius 2 is 1.87 bits per heavy atom. The molecule has 0 saturated heterocycles. The van der Waals surface area contributed by atoms with E-state index in [1.807, 2.05) is 31.2 Å². The van der Waals surface area contributed by atoms with Crippen LogP contribution in [0.3, 0.4) is 0 Å². The summed E-state index contributed by atoms with van der Waals surface area (Å²) < 4.78 is 32.8. The van der Waals surface area contributed by atoms with Crippen molar-refractivity contribution >= 4 is 44.0 Å². The van der Waals surface area contributed by atoms with Gasteiger partial charge in [-0.2, -0.15) is 0 Å². The van der Waals surface area contributed by atoms with Crippen LogP contribution in [0.1, 0.15) is 29.3 Å². The number of para-hydroxylation sites is 1. The number of sulfonamides is 1. The normalized spacial score (nSPS) is 11.3. The van der Waals surface area contributed by atoms with Crippen LogP contribution in [0, 0.1) is 0 Å². The van der Waals surface area contributed by atoms with Gasteiger partial charge < -0.3 is 4.74 Å². The highest BCUT2D eigenvalue weighted by Crippen LogP contribution is 2.23. The Morgan fingerprint density at radius 1 is 1.13 bits per heavy atom. The summed E-state index contributed by atoms with van der Waals surface area (Å²) in [6, 6.07) is 14.2. The van der Waals surface area contributed by atoms with Gasteiger partial charge in [0.1, 0.15) is 5.75 Å². The summed E-state index contributed by atoms with van der Waals surface area (Å²) >= 11 is 6.76. The van der Waals surface area contributed by atoms with Crippen LogP contribution in [0.4, 0.5) is 5.13 Å². The second-order valence-electron chi connectivity index (χ2n) is 6.35. The topological polar surface area (TPSA) is 110 Å². The molecule has 0 aliphatic rings. The highest BCUT2D eigenvalue weighted by Gasteiger charge is 2.21. The Hall–Kier alpha value is -2.53. The quantitative estimate of drug-likeness (QED) is 0.337. The van der Waals surface area contributed by atoms with E-state index in [-0.39, 0.29) is 26.6 Å². The van der Waals surface area contributed by atoms with Gasteiger partial charge in [-0.1, -0.05) is 53.3 Å². The summed E-state index contributed by atoms with van der Waals surface area (Å²) in [7, 11) is -3.84. The second kappa shape index (κ2) is 10.7. The molecule has 3 aromatic rings. The number of hydrogen-bond acceptors (Lipinski definition) is 7. The molecule has 1 aromatic heterocycles. The number of aromatic nitrogens is 2. The minimum Gasteiger partial charge on any atom is -0.494 e. The maximum atomic E-state index is 12.5. The largest absolute Gasteiger partial charge is 0.494 e. The molecule has 0 radical (unpaired) electrons. The Labute approximate surface area is 189 Å². The van der Waals surface area contributed by atoms with Crippen molar-refractivity contribution in [2.75, 3.05) is 18.5 Å². The molecule has 2 N–H and O–H groups in total. The Balaban J connectivity index is 1.55. The molecule has 0 saturated carbocycles. The van der Waals surface area contributed by atoms with Gasteiger partial charge in [0, 0.05) is 6.54 Å². The third-order valence-corrected chi connectivity index (χ3v) is 7.16. The fourth-order valence-electron chi connectivity index (χ4n) is 2.73. The van der Waals surface area contributed by atoms with Crippen molar-refractivity contribution in [2.24, 2.45) is 0 Å². The molecule has 11 heteroatoms. The fraction of sp³-hybridized carbons (Fsp3) is 0.250. The van der Waals surface area contributed by atoms with Gasteiger partial charge in [0.25, 0.3) is 15.9 Å². The van der Waals surface area contributed by atoms with Crippen LogP contribution >= 0.6 is 22.9 Å². The summed E-state index contributed by atoms with van der Waals surface area (Å²) in [6.45, 7) is 2.71. The molecular formula is C20H21ClN4O4S2. The number of aryl methyl sites for hydroxylation is 1. The van der Waals surface area contributed by atoms with Gasteiger partial charge in [-0.25, -0.2) is 13.1 Å². The molecule has 1 heterocycles. The van der Waals surface area contributed by atoms with E-state index in [9.17, 15) is 13.2 Å². The van der Waals surface area contributed by atoms with Crippen molar-refractivity contribution in [3.8, 4) is 5.75 Å². The molecule has 0 fully saturated rings. The lowest BCUT2D eigenvalue weighted by atomic mass is 10.1. The van der Waals surface area contributed by atoms with Crippen molar-refractivity contribution in [1.82, 2.24) is 14.9 Å². The summed E-state index contributed by atoms with van der Waals surface area (Å²) in [5.74, 6) is 0.308. The van der Waals surface area contributed by atoms with E-state index >= 15 is 0 Å². The summed E-state index contributed by atoms with van der Waals surface area (Å²) in [5.41, 5.74) is 1.28. The SMILES string of the molecule is CCOc1ccccc1CCCNS(=O)(=O)c1nnc(NC(=O)c2ccccc2Cl)s1. The van der Waals surface area contributed by atoms with Crippen LogP contribution in [0.2, 0.25) is 5.02 Å². The maximum Gasteiger partial charge on any atom is 0.269 e. The molecule has 0 unspecified atom stereocenters. The van der Waals surface area contributed by atoms with Gasteiger partial charge in [0.2, 0.25) is 9.47 Å². The highest BCUT2D eigenvalue weighted by molar-refractivity contribution is 7.91. The van der Waals surface area contributed by atoms with E-state index in [1.165, 1.54) is 0 Å². The number of carbonyl (C=O) groups is 1. The number of nitrogens with one attached hydrogen (secondary N) is 2. The number of hydrogen-bond donors (Lipinski definition) is 2. The van der Waals surface area contributed by atoms with Crippen molar-refractivity contribution in [3.63, 3.8) is 0 Å². The number of benzene rings is 2. The molecule has 0 bridgehead atoms. The first-order valence-corrected chi connectivity index (χ1v) is 12.2. The smallest absolute Gasteiger partial charge is 0.269 e. The Bertz CT molecular complexity index is 1150. The van der Waals surface area contributed by atoms with Gasteiger partial charge in [-0.3, -0.25) is 10.1 Å². The molecule has 3 rings (SSSR count). The Kier molecular flexibility index (Phi) is 7.97. The molecule has 0 aliphatic carbocycles. The van der Waals surface area contributed by atoms with Crippen LogP contribution in [0.25, 0.3) is 0 Å². The highest BCUT2D eigenvalue weighted by atomic mass is 35.5. The van der Waals surface area contributed by atoms with E-state index in [4.69, 9.17) is 16.3 Å². The number of halogens is 1. The lowest BCUT2D eigenvalue weighted by Crippen LogP contribution is -2.25. The van der Waals surface area contributed by atoms with Gasteiger partial charge in [0.05, 0.1) is 17.2 Å². The summed E-state index contributed by atoms with van der Waals surface area (Å²) in [5, 5.41) is 10.3. The van der Waals surface area contributed by atoms with Crippen LogP contribution in [-0.4, -0.2) is 37.7 Å². The molecule has 164 valence electrons. The second-order valence-corrected chi connectivity index (χ2v) is 9.67. The van der Waals surface area contributed by atoms with Gasteiger partial charge in [-0.05, 0) is 43.5 Å². The molecule has 1 amide bonds. The summed E-state index contributed by atoms with van der Waals surface area (Å²) in [6.07, 6.45) is 1.24. The van der Waals surface area contributed by atoms with E-state index in [0.717, 1.165) is 22.6 Å².